The lowest BCUT2D eigenvalue weighted by atomic mass is 10.2. The van der Waals surface area contributed by atoms with Crippen LogP contribution in [0.5, 0.6) is 0 Å². The van der Waals surface area contributed by atoms with Gasteiger partial charge >= 0.3 is 0 Å². The highest BCUT2D eigenvalue weighted by Crippen LogP contribution is 2.16. The molecule has 0 spiro atoms. The molecule has 0 aromatic heterocycles. The second-order valence-electron chi connectivity index (χ2n) is 2.96. The molecule has 0 bridgehead atoms. The van der Waals surface area contributed by atoms with Crippen LogP contribution in [-0.2, 0) is 4.79 Å². The van der Waals surface area contributed by atoms with Gasteiger partial charge in [0.15, 0.2) is 0 Å². The zero-order valence-corrected chi connectivity index (χ0v) is 8.79. The molecule has 1 fully saturated rings. The first-order valence-electron chi connectivity index (χ1n) is 4.31. The molecule has 1 amide bonds. The van der Waals surface area contributed by atoms with Crippen molar-refractivity contribution < 1.29 is 4.79 Å². The summed E-state index contributed by atoms with van der Waals surface area (Å²) in [6, 6.07) is 0.413. The van der Waals surface area contributed by atoms with Crippen LogP contribution >= 0.6 is 24.4 Å². The van der Waals surface area contributed by atoms with Crippen molar-refractivity contribution in [3.8, 4) is 0 Å². The van der Waals surface area contributed by atoms with Crippen molar-refractivity contribution in [1.29, 1.82) is 0 Å². The Morgan fingerprint density at radius 2 is 2.50 bits per heavy atom. The molecule has 1 saturated heterocycles. The quantitative estimate of drug-likeness (QED) is 0.680. The first-order valence-corrected chi connectivity index (χ1v) is 6.09. The van der Waals surface area contributed by atoms with Crippen molar-refractivity contribution in [3.63, 3.8) is 0 Å². The highest BCUT2D eigenvalue weighted by Gasteiger charge is 2.14. The molecule has 1 aliphatic heterocycles. The van der Waals surface area contributed by atoms with Gasteiger partial charge in [-0.3, -0.25) is 4.79 Å². The number of thioether (sulfide) groups is 1. The Balaban J connectivity index is 2.15. The molecule has 70 valence electrons. The Morgan fingerprint density at radius 1 is 1.67 bits per heavy atom. The number of amides is 1. The maximum absolute atomic E-state index is 11.1. The average molecular weight is 205 g/mol. The van der Waals surface area contributed by atoms with E-state index in [2.05, 4.69) is 17.9 Å². The molecule has 0 aromatic rings. The lowest BCUT2D eigenvalue weighted by molar-refractivity contribution is -0.121. The van der Waals surface area contributed by atoms with E-state index < -0.39 is 0 Å². The fourth-order valence-corrected chi connectivity index (χ4v) is 2.53. The minimum Gasteiger partial charge on any atom is -0.353 e. The molecule has 2 nitrogen and oxygen atoms in total. The third-order valence-corrected chi connectivity index (χ3v) is 3.30. The molecule has 12 heavy (non-hydrogen) atoms. The van der Waals surface area contributed by atoms with Crippen molar-refractivity contribution in [1.82, 2.24) is 5.32 Å². The number of nitrogens with one attached hydrogen (secondary N) is 1. The highest BCUT2D eigenvalue weighted by molar-refractivity contribution is 7.99. The van der Waals surface area contributed by atoms with E-state index in [1.165, 1.54) is 12.2 Å². The molecule has 1 unspecified atom stereocenters. The van der Waals surface area contributed by atoms with Gasteiger partial charge in [0.25, 0.3) is 0 Å². The number of hydrogen-bond donors (Lipinski definition) is 2. The molecule has 1 rings (SSSR count). The SMILES string of the molecule is O=C(CCS)NC1CCCSC1. The fourth-order valence-electron chi connectivity index (χ4n) is 1.26. The smallest absolute Gasteiger partial charge is 0.221 e. The predicted molar refractivity (Wildman–Crippen MR) is 57.0 cm³/mol. The first kappa shape index (κ1) is 10.3. The van der Waals surface area contributed by atoms with Gasteiger partial charge in [0.1, 0.15) is 0 Å². The summed E-state index contributed by atoms with van der Waals surface area (Å²) in [5.41, 5.74) is 0. The summed E-state index contributed by atoms with van der Waals surface area (Å²) < 4.78 is 0. The molecule has 0 aromatic carbocycles. The monoisotopic (exact) mass is 205 g/mol. The Bertz CT molecular complexity index is 146. The number of rotatable bonds is 3. The van der Waals surface area contributed by atoms with Crippen LogP contribution in [0.25, 0.3) is 0 Å². The van der Waals surface area contributed by atoms with Gasteiger partial charge in [-0.1, -0.05) is 0 Å². The van der Waals surface area contributed by atoms with Crippen LogP contribution in [0.2, 0.25) is 0 Å². The Morgan fingerprint density at radius 3 is 3.08 bits per heavy atom. The standard InChI is InChI=1S/C8H15NOS2/c10-8(3-4-11)9-7-2-1-5-12-6-7/h7,11H,1-6H2,(H,9,10). The van der Waals surface area contributed by atoms with Crippen LogP contribution in [0.1, 0.15) is 19.3 Å². The molecule has 1 N–H and O–H groups in total. The van der Waals surface area contributed by atoms with Crippen LogP contribution in [0.4, 0.5) is 0 Å². The van der Waals surface area contributed by atoms with Gasteiger partial charge in [0, 0.05) is 18.2 Å². The third kappa shape index (κ3) is 3.72. The number of hydrogen-bond acceptors (Lipinski definition) is 3. The molecule has 0 radical (unpaired) electrons. The minimum absolute atomic E-state index is 0.150. The summed E-state index contributed by atoms with van der Waals surface area (Å²) in [4.78, 5) is 11.1. The average Bonchev–Trinajstić information content (AvgIpc) is 2.06. The Hall–Kier alpha value is 0.170. The lowest BCUT2D eigenvalue weighted by Crippen LogP contribution is -2.38. The Kier molecular flexibility index (Phi) is 4.92. The zero-order chi connectivity index (χ0) is 8.81. The van der Waals surface area contributed by atoms with Crippen LogP contribution in [-0.4, -0.2) is 29.2 Å². The van der Waals surface area contributed by atoms with Gasteiger partial charge in [0.05, 0.1) is 0 Å². The van der Waals surface area contributed by atoms with E-state index in [0.29, 0.717) is 18.2 Å². The summed E-state index contributed by atoms with van der Waals surface area (Å²) in [5, 5.41) is 3.01. The molecule has 0 saturated carbocycles. The maximum atomic E-state index is 11.1. The summed E-state index contributed by atoms with van der Waals surface area (Å²) in [5.74, 6) is 3.13. The summed E-state index contributed by atoms with van der Waals surface area (Å²) in [6.45, 7) is 0. The second-order valence-corrected chi connectivity index (χ2v) is 4.55. The zero-order valence-electron chi connectivity index (χ0n) is 7.08. The van der Waals surface area contributed by atoms with Gasteiger partial charge in [0.2, 0.25) is 5.91 Å². The molecule has 1 heterocycles. The maximum Gasteiger partial charge on any atom is 0.221 e. The molecular weight excluding hydrogens is 190 g/mol. The molecule has 1 aliphatic rings. The normalized spacial score (nSPS) is 23.6. The molecule has 1 atom stereocenters. The van der Waals surface area contributed by atoms with E-state index in [9.17, 15) is 4.79 Å². The van der Waals surface area contributed by atoms with Crippen LogP contribution in [0.15, 0.2) is 0 Å². The number of thiol groups is 1. The van der Waals surface area contributed by atoms with Crippen molar-refractivity contribution in [3.05, 3.63) is 0 Å². The first-order chi connectivity index (χ1) is 5.83. The van der Waals surface area contributed by atoms with Gasteiger partial charge in [-0.05, 0) is 24.3 Å². The van der Waals surface area contributed by atoms with Crippen LogP contribution < -0.4 is 5.32 Å². The van der Waals surface area contributed by atoms with E-state index in [-0.39, 0.29) is 5.91 Å². The summed E-state index contributed by atoms with van der Waals surface area (Å²) >= 11 is 5.94. The van der Waals surface area contributed by atoms with Gasteiger partial charge in [-0.2, -0.15) is 24.4 Å². The van der Waals surface area contributed by atoms with E-state index in [0.717, 1.165) is 12.2 Å². The van der Waals surface area contributed by atoms with Crippen molar-refractivity contribution in [2.24, 2.45) is 0 Å². The van der Waals surface area contributed by atoms with E-state index >= 15 is 0 Å². The highest BCUT2D eigenvalue weighted by atomic mass is 32.2. The number of carbonyl (C=O) groups excluding carboxylic acids is 1. The lowest BCUT2D eigenvalue weighted by Gasteiger charge is -2.22. The van der Waals surface area contributed by atoms with Crippen molar-refractivity contribution in [2.75, 3.05) is 17.3 Å². The van der Waals surface area contributed by atoms with Crippen LogP contribution in [0, 0.1) is 0 Å². The van der Waals surface area contributed by atoms with Crippen LogP contribution in [0.3, 0.4) is 0 Å². The third-order valence-electron chi connectivity index (χ3n) is 1.86. The van der Waals surface area contributed by atoms with E-state index in [1.807, 2.05) is 11.8 Å². The topological polar surface area (TPSA) is 29.1 Å². The Labute approximate surface area is 83.3 Å². The fraction of sp³-hybridized carbons (Fsp3) is 0.875. The predicted octanol–water partition coefficient (Wildman–Crippen LogP) is 1.32. The molecular formula is C8H15NOS2. The van der Waals surface area contributed by atoms with Gasteiger partial charge < -0.3 is 5.32 Å². The summed E-state index contributed by atoms with van der Waals surface area (Å²) in [6.07, 6.45) is 2.92. The minimum atomic E-state index is 0.150. The second kappa shape index (κ2) is 5.75. The van der Waals surface area contributed by atoms with Crippen molar-refractivity contribution in [2.45, 2.75) is 25.3 Å². The molecule has 4 heteroatoms. The van der Waals surface area contributed by atoms with E-state index in [4.69, 9.17) is 0 Å². The largest absolute Gasteiger partial charge is 0.353 e. The summed E-state index contributed by atoms with van der Waals surface area (Å²) in [7, 11) is 0. The molecule has 0 aliphatic carbocycles. The van der Waals surface area contributed by atoms with Gasteiger partial charge in [-0.15, -0.1) is 0 Å². The van der Waals surface area contributed by atoms with Crippen molar-refractivity contribution >= 4 is 30.3 Å². The van der Waals surface area contributed by atoms with Gasteiger partial charge in [-0.25, -0.2) is 0 Å². The van der Waals surface area contributed by atoms with E-state index in [1.54, 1.807) is 0 Å². The number of carbonyl (C=O) groups is 1.